The summed E-state index contributed by atoms with van der Waals surface area (Å²) in [5, 5.41) is 9.99. The Morgan fingerprint density at radius 3 is 1.50 bits per heavy atom. The van der Waals surface area contributed by atoms with Crippen LogP contribution in [-0.2, 0) is 31.4 Å². The van der Waals surface area contributed by atoms with Gasteiger partial charge in [0.05, 0.1) is 48.4 Å². The number of esters is 1. The molecule has 4 aromatic carbocycles. The normalized spacial score (nSPS) is 19.3. The second-order valence-electron chi connectivity index (χ2n) is 19.8. The lowest BCUT2D eigenvalue weighted by atomic mass is 9.82. The number of alkyl halides is 6. The Balaban J connectivity index is 0.000000242. The number of rotatable bonds is 13. The van der Waals surface area contributed by atoms with Crippen molar-refractivity contribution in [3.8, 4) is 23.0 Å². The molecule has 7 rings (SSSR count). The van der Waals surface area contributed by atoms with E-state index in [4.69, 9.17) is 18.9 Å². The highest BCUT2D eigenvalue weighted by Gasteiger charge is 2.38. The van der Waals surface area contributed by atoms with Crippen LogP contribution in [-0.4, -0.2) is 74.4 Å². The highest BCUT2D eigenvalue weighted by atomic mass is 127. The van der Waals surface area contributed by atoms with E-state index in [1.807, 2.05) is 32.6 Å². The number of amides is 2. The second kappa shape index (κ2) is 24.8. The number of morpholine rings is 1. The molecule has 2 aliphatic carbocycles. The first-order valence-corrected chi connectivity index (χ1v) is 26.0. The number of benzene rings is 4. The van der Waals surface area contributed by atoms with Gasteiger partial charge in [-0.15, -0.1) is 0 Å². The molecule has 0 atom stereocenters. The van der Waals surface area contributed by atoms with Crippen molar-refractivity contribution in [2.24, 2.45) is 23.7 Å². The first kappa shape index (κ1) is 57.7. The summed E-state index contributed by atoms with van der Waals surface area (Å²) < 4.78 is 104. The maximum absolute atomic E-state index is 14.0. The van der Waals surface area contributed by atoms with E-state index in [0.29, 0.717) is 53.1 Å². The summed E-state index contributed by atoms with van der Waals surface area (Å²) in [6.07, 6.45) is -2.44. The predicted molar refractivity (Wildman–Crippen MR) is 277 cm³/mol. The Morgan fingerprint density at radius 2 is 1.07 bits per heavy atom. The molecule has 1 aliphatic heterocycles. The number of carbonyl (C=O) groups is 4. The standard InChI is InChI=1S/C29H35F3N2O5.C26H29F3INO4/c1-18(2)34(27(35)20-6-4-19(3)5-7-20)25-10-9-22(17-23(25)28(36)37)39-26-11-8-21(16-24(26)29(30,31)32)33-12-14-38-15-13-33;1-15(2)31(24(32)17-7-5-16(3)6-8-17)22-11-10-19(14-20(22)25(33)34-4)35-23-12-9-18(30)13-21(23)26(27,28)29/h8-11,16-20H,4-7,12-15H2,1-3H3,(H,36,37);9-17H,5-8H2,1-4H3. The molecule has 1 heterocycles. The van der Waals surface area contributed by atoms with Gasteiger partial charge in [-0.2, -0.15) is 26.3 Å². The summed E-state index contributed by atoms with van der Waals surface area (Å²) in [6.45, 7) is 13.5. The van der Waals surface area contributed by atoms with E-state index in [1.165, 1.54) is 66.6 Å². The van der Waals surface area contributed by atoms with Crippen LogP contribution in [0.2, 0.25) is 0 Å². The fraction of sp³-hybridized carbons (Fsp3) is 0.491. The summed E-state index contributed by atoms with van der Waals surface area (Å²) in [4.78, 5) is 56.8. The van der Waals surface area contributed by atoms with Crippen LogP contribution in [0.4, 0.5) is 43.4 Å². The summed E-state index contributed by atoms with van der Waals surface area (Å²) >= 11 is 1.80. The lowest BCUT2D eigenvalue weighted by Crippen LogP contribution is -2.43. The minimum atomic E-state index is -4.69. The van der Waals surface area contributed by atoms with Crippen molar-refractivity contribution in [3.63, 3.8) is 0 Å². The zero-order valence-corrected chi connectivity index (χ0v) is 44.7. The third-order valence-corrected chi connectivity index (χ3v) is 14.3. The summed E-state index contributed by atoms with van der Waals surface area (Å²) in [5.41, 5.74) is -1.08. The molecule has 4 aromatic rings. The number of hydrogen-bond acceptors (Lipinski definition) is 9. The fourth-order valence-corrected chi connectivity index (χ4v) is 10.1. The van der Waals surface area contributed by atoms with E-state index in [-0.39, 0.29) is 69.8 Å². The second-order valence-corrected chi connectivity index (χ2v) is 21.0. The van der Waals surface area contributed by atoms with Crippen molar-refractivity contribution < 1.29 is 69.6 Å². The highest BCUT2D eigenvalue weighted by molar-refractivity contribution is 14.1. The average Bonchev–Trinajstić information content (AvgIpc) is 3.35. The first-order chi connectivity index (χ1) is 34.9. The van der Waals surface area contributed by atoms with Crippen LogP contribution in [0.3, 0.4) is 0 Å². The molecule has 0 radical (unpaired) electrons. The number of carboxylic acid groups (broad SMARTS) is 1. The highest BCUT2D eigenvalue weighted by Crippen LogP contribution is 2.43. The number of ether oxygens (including phenoxy) is 4. The van der Waals surface area contributed by atoms with Crippen molar-refractivity contribution in [2.75, 3.05) is 48.1 Å². The van der Waals surface area contributed by atoms with Gasteiger partial charge in [-0.25, -0.2) is 9.59 Å². The first-order valence-electron chi connectivity index (χ1n) is 24.9. The molecule has 0 bridgehead atoms. The van der Waals surface area contributed by atoms with Crippen molar-refractivity contribution in [1.82, 2.24) is 0 Å². The van der Waals surface area contributed by atoms with Gasteiger partial charge in [0.25, 0.3) is 0 Å². The van der Waals surface area contributed by atoms with E-state index in [0.717, 1.165) is 63.5 Å². The van der Waals surface area contributed by atoms with Crippen LogP contribution in [0.5, 0.6) is 23.0 Å². The largest absolute Gasteiger partial charge is 0.478 e. The van der Waals surface area contributed by atoms with Crippen LogP contribution in [0, 0.1) is 27.2 Å². The number of aromatic carboxylic acids is 1. The minimum absolute atomic E-state index is 0.0310. The zero-order chi connectivity index (χ0) is 54.2. The molecule has 1 N–H and O–H groups in total. The molecule has 0 aromatic heterocycles. The summed E-state index contributed by atoms with van der Waals surface area (Å²) in [7, 11) is 1.21. The van der Waals surface area contributed by atoms with Crippen molar-refractivity contribution in [1.29, 1.82) is 0 Å². The molecule has 2 saturated carbocycles. The van der Waals surface area contributed by atoms with Gasteiger partial charge in [0.2, 0.25) is 11.8 Å². The molecule has 3 aliphatic rings. The van der Waals surface area contributed by atoms with Crippen molar-refractivity contribution in [2.45, 2.75) is 117 Å². The topological polar surface area (TPSA) is 135 Å². The smallest absolute Gasteiger partial charge is 0.420 e. The maximum atomic E-state index is 14.0. The van der Waals surface area contributed by atoms with Crippen molar-refractivity contribution in [3.05, 3.63) is 98.6 Å². The van der Waals surface area contributed by atoms with Crippen LogP contribution in [0.25, 0.3) is 0 Å². The van der Waals surface area contributed by atoms with Gasteiger partial charge in [0, 0.05) is 46.3 Å². The van der Waals surface area contributed by atoms with Gasteiger partial charge in [0.1, 0.15) is 28.6 Å². The minimum Gasteiger partial charge on any atom is -0.478 e. The predicted octanol–water partition coefficient (Wildman–Crippen LogP) is 14.1. The van der Waals surface area contributed by atoms with Gasteiger partial charge in [-0.1, -0.05) is 13.8 Å². The number of nitrogens with zero attached hydrogens (tertiary/aromatic N) is 3. The summed E-state index contributed by atoms with van der Waals surface area (Å²) in [6, 6.07) is 15.4. The Bertz CT molecular complexity index is 2620. The molecule has 19 heteroatoms. The third-order valence-electron chi connectivity index (χ3n) is 13.7. The van der Waals surface area contributed by atoms with E-state index < -0.39 is 41.2 Å². The average molecular weight is 1150 g/mol. The third kappa shape index (κ3) is 14.4. The van der Waals surface area contributed by atoms with Crippen LogP contribution in [0.1, 0.15) is 125 Å². The Hall–Kier alpha value is -5.57. The molecule has 3 fully saturated rings. The van der Waals surface area contributed by atoms with Crippen LogP contribution in [0.15, 0.2) is 72.8 Å². The molecule has 12 nitrogen and oxygen atoms in total. The zero-order valence-electron chi connectivity index (χ0n) is 42.6. The lowest BCUT2D eigenvalue weighted by Gasteiger charge is -2.34. The molecule has 1 saturated heterocycles. The lowest BCUT2D eigenvalue weighted by molar-refractivity contribution is -0.139. The van der Waals surface area contributed by atoms with E-state index >= 15 is 0 Å². The molecular weight excluding hydrogens is 1090 g/mol. The molecule has 402 valence electrons. The molecule has 0 spiro atoms. The van der Waals surface area contributed by atoms with Crippen LogP contribution >= 0.6 is 22.6 Å². The molecule has 74 heavy (non-hydrogen) atoms. The van der Waals surface area contributed by atoms with Gasteiger partial charge >= 0.3 is 24.3 Å². The van der Waals surface area contributed by atoms with E-state index in [1.54, 1.807) is 33.6 Å². The van der Waals surface area contributed by atoms with Gasteiger partial charge < -0.3 is 38.8 Å². The molecular formula is C55H64F6IN3O9. The van der Waals surface area contributed by atoms with Crippen LogP contribution < -0.4 is 24.2 Å². The summed E-state index contributed by atoms with van der Waals surface area (Å²) in [5.74, 6) is -2.26. The van der Waals surface area contributed by atoms with Gasteiger partial charge in [0.15, 0.2) is 0 Å². The Labute approximate surface area is 441 Å². The van der Waals surface area contributed by atoms with Gasteiger partial charge in [-0.3, -0.25) is 9.59 Å². The Morgan fingerprint density at radius 1 is 0.635 bits per heavy atom. The van der Waals surface area contributed by atoms with Crippen molar-refractivity contribution >= 4 is 63.4 Å². The number of halogens is 7. The van der Waals surface area contributed by atoms with E-state index in [9.17, 15) is 50.6 Å². The quantitative estimate of drug-likeness (QED) is 0.0783. The number of anilines is 3. The fourth-order valence-electron chi connectivity index (χ4n) is 9.65. The number of carbonyl (C=O) groups excluding carboxylic acids is 3. The number of carboxylic acids is 1. The number of methoxy groups -OCH3 is 1. The molecule has 0 unspecified atom stereocenters. The monoisotopic (exact) mass is 1150 g/mol. The SMILES string of the molecule is CC1CCC(C(=O)N(c2ccc(Oc3ccc(N4CCOCC4)cc3C(F)(F)F)cc2C(=O)O)C(C)C)CC1.COC(=O)c1cc(Oc2ccc(I)cc2C(F)(F)F)ccc1N(C(=O)C1CCC(C)CC1)C(C)C. The van der Waals surface area contributed by atoms with E-state index in [2.05, 4.69) is 13.8 Å². The maximum Gasteiger partial charge on any atom is 0.420 e. The van der Waals surface area contributed by atoms with Gasteiger partial charge in [-0.05, 0) is 186 Å². The number of hydrogen-bond donors (Lipinski definition) is 1. The molecule has 2 amide bonds. The Kier molecular flexibility index (Phi) is 19.4.